The summed E-state index contributed by atoms with van der Waals surface area (Å²) in [7, 11) is 0. The van der Waals surface area contributed by atoms with Gasteiger partial charge in [-0.1, -0.05) is 12.1 Å². The number of alkyl carbamates (subject to hydrolysis) is 1. The van der Waals surface area contributed by atoms with Crippen molar-refractivity contribution in [2.45, 2.75) is 38.8 Å². The third kappa shape index (κ3) is 4.52. The highest BCUT2D eigenvalue weighted by Gasteiger charge is 2.26. The Morgan fingerprint density at radius 3 is 2.86 bits per heavy atom. The summed E-state index contributed by atoms with van der Waals surface area (Å²) in [5, 5.41) is 14.8. The zero-order valence-electron chi connectivity index (χ0n) is 16.3. The van der Waals surface area contributed by atoms with Crippen LogP contribution in [-0.2, 0) is 4.74 Å². The number of aromatic nitrogens is 1. The molecular formula is C21H24N4O3. The molecule has 0 saturated heterocycles. The first-order valence-corrected chi connectivity index (χ1v) is 9.24. The number of rotatable bonds is 4. The van der Waals surface area contributed by atoms with Crippen molar-refractivity contribution in [1.82, 2.24) is 15.2 Å². The molecule has 0 saturated carbocycles. The summed E-state index contributed by atoms with van der Waals surface area (Å²) >= 11 is 0. The van der Waals surface area contributed by atoms with Crippen molar-refractivity contribution in [3.63, 3.8) is 0 Å². The minimum absolute atomic E-state index is 0.0236. The molecule has 1 atom stereocenters. The third-order valence-electron chi connectivity index (χ3n) is 4.44. The van der Waals surface area contributed by atoms with E-state index in [2.05, 4.69) is 16.7 Å². The molecule has 1 unspecified atom stereocenters. The summed E-state index contributed by atoms with van der Waals surface area (Å²) in [6, 6.07) is 11.3. The lowest BCUT2D eigenvalue weighted by Gasteiger charge is -2.27. The second-order valence-electron chi connectivity index (χ2n) is 7.80. The predicted molar refractivity (Wildman–Crippen MR) is 105 cm³/mol. The zero-order valence-corrected chi connectivity index (χ0v) is 16.3. The number of nitrogens with zero attached hydrogens (tertiary/aromatic N) is 2. The average molecular weight is 380 g/mol. The lowest BCUT2D eigenvalue weighted by molar-refractivity contribution is 0.0523. The van der Waals surface area contributed by atoms with Crippen molar-refractivity contribution in [3.8, 4) is 17.2 Å². The fraction of sp³-hybridized carbons (Fsp3) is 0.381. The molecule has 0 spiro atoms. The summed E-state index contributed by atoms with van der Waals surface area (Å²) in [5.74, 6) is -0.126. The summed E-state index contributed by atoms with van der Waals surface area (Å²) in [5.41, 5.74) is 2.38. The van der Waals surface area contributed by atoms with E-state index in [-0.39, 0.29) is 11.9 Å². The second kappa shape index (κ2) is 7.77. The van der Waals surface area contributed by atoms with Gasteiger partial charge in [-0.05, 0) is 51.0 Å². The SMILES string of the molecule is CC(C)(C)OC(=O)NCCC1CNC(=O)c2cc(-c3cccc(C#N)c3)cn21. The molecule has 7 heteroatoms. The van der Waals surface area contributed by atoms with Crippen LogP contribution in [0.4, 0.5) is 4.79 Å². The zero-order chi connectivity index (χ0) is 20.3. The van der Waals surface area contributed by atoms with Crippen LogP contribution in [-0.4, -0.2) is 35.3 Å². The Morgan fingerprint density at radius 2 is 2.14 bits per heavy atom. The van der Waals surface area contributed by atoms with E-state index in [9.17, 15) is 9.59 Å². The van der Waals surface area contributed by atoms with E-state index in [0.717, 1.165) is 11.1 Å². The number of hydrogen-bond acceptors (Lipinski definition) is 4. The number of amides is 2. The Kier molecular flexibility index (Phi) is 5.41. The summed E-state index contributed by atoms with van der Waals surface area (Å²) in [4.78, 5) is 24.1. The number of fused-ring (bicyclic) bond motifs is 1. The van der Waals surface area contributed by atoms with Gasteiger partial charge >= 0.3 is 6.09 Å². The van der Waals surface area contributed by atoms with Crippen molar-refractivity contribution in [3.05, 3.63) is 47.8 Å². The van der Waals surface area contributed by atoms with Crippen molar-refractivity contribution < 1.29 is 14.3 Å². The number of hydrogen-bond donors (Lipinski definition) is 2. The fourth-order valence-electron chi connectivity index (χ4n) is 3.19. The lowest BCUT2D eigenvalue weighted by atomic mass is 10.1. The van der Waals surface area contributed by atoms with Gasteiger partial charge in [0.15, 0.2) is 0 Å². The van der Waals surface area contributed by atoms with Crippen LogP contribution in [0.3, 0.4) is 0 Å². The number of nitriles is 1. The Bertz CT molecular complexity index is 934. The standard InChI is InChI=1S/C21H24N4O3/c1-21(2,3)28-20(27)23-8-7-17-12-24-19(26)18-10-16(13-25(17)18)15-6-4-5-14(9-15)11-22/h4-6,9-10,13,17H,7-8,12H2,1-3H3,(H,23,27)(H,24,26). The average Bonchev–Trinajstić information content (AvgIpc) is 3.09. The van der Waals surface area contributed by atoms with Gasteiger partial charge in [0.25, 0.3) is 5.91 Å². The van der Waals surface area contributed by atoms with Gasteiger partial charge in [0.2, 0.25) is 0 Å². The molecule has 1 aromatic heterocycles. The normalized spacial score (nSPS) is 15.9. The van der Waals surface area contributed by atoms with Crippen LogP contribution in [0.25, 0.3) is 11.1 Å². The first-order chi connectivity index (χ1) is 13.3. The first kappa shape index (κ1) is 19.5. The maximum Gasteiger partial charge on any atom is 0.407 e. The van der Waals surface area contributed by atoms with Crippen LogP contribution in [0.1, 0.15) is 49.3 Å². The molecule has 0 aliphatic carbocycles. The van der Waals surface area contributed by atoms with E-state index in [1.54, 1.807) is 12.1 Å². The number of ether oxygens (including phenoxy) is 1. The molecule has 1 aliphatic heterocycles. The Hall–Kier alpha value is -3.27. The molecule has 2 N–H and O–H groups in total. The highest BCUT2D eigenvalue weighted by Crippen LogP contribution is 2.28. The predicted octanol–water partition coefficient (Wildman–Crippen LogP) is 3.23. The smallest absolute Gasteiger partial charge is 0.407 e. The van der Waals surface area contributed by atoms with Crippen LogP contribution < -0.4 is 10.6 Å². The molecule has 3 rings (SSSR count). The van der Waals surface area contributed by atoms with Crippen molar-refractivity contribution in [1.29, 1.82) is 5.26 Å². The van der Waals surface area contributed by atoms with Crippen LogP contribution in [0.15, 0.2) is 36.5 Å². The molecule has 2 amide bonds. The van der Waals surface area contributed by atoms with Gasteiger partial charge in [0, 0.05) is 24.8 Å². The number of carbonyl (C=O) groups is 2. The summed E-state index contributed by atoms with van der Waals surface area (Å²) in [6.07, 6.45) is 2.13. The number of nitrogens with one attached hydrogen (secondary N) is 2. The molecular weight excluding hydrogens is 356 g/mol. The van der Waals surface area contributed by atoms with Gasteiger partial charge in [-0.2, -0.15) is 5.26 Å². The minimum Gasteiger partial charge on any atom is -0.444 e. The largest absolute Gasteiger partial charge is 0.444 e. The summed E-state index contributed by atoms with van der Waals surface area (Å²) < 4.78 is 7.19. The van der Waals surface area contributed by atoms with Crippen LogP contribution in [0.5, 0.6) is 0 Å². The minimum atomic E-state index is -0.538. The van der Waals surface area contributed by atoms with Crippen LogP contribution in [0.2, 0.25) is 0 Å². The first-order valence-electron chi connectivity index (χ1n) is 9.24. The van der Waals surface area contributed by atoms with E-state index in [4.69, 9.17) is 10.00 Å². The van der Waals surface area contributed by atoms with Gasteiger partial charge < -0.3 is 19.9 Å². The van der Waals surface area contributed by atoms with Crippen LogP contribution >= 0.6 is 0 Å². The molecule has 1 aromatic carbocycles. The maximum absolute atomic E-state index is 12.3. The topological polar surface area (TPSA) is 96.2 Å². The van der Waals surface area contributed by atoms with Crippen molar-refractivity contribution >= 4 is 12.0 Å². The van der Waals surface area contributed by atoms with Gasteiger partial charge in [-0.3, -0.25) is 4.79 Å². The number of carbonyl (C=O) groups excluding carboxylic acids is 2. The van der Waals surface area contributed by atoms with E-state index in [1.165, 1.54) is 0 Å². The highest BCUT2D eigenvalue weighted by molar-refractivity contribution is 5.95. The third-order valence-corrected chi connectivity index (χ3v) is 4.44. The monoisotopic (exact) mass is 380 g/mol. The van der Waals surface area contributed by atoms with Crippen LogP contribution in [0, 0.1) is 11.3 Å². The maximum atomic E-state index is 12.3. The molecule has 0 fully saturated rings. The van der Waals surface area contributed by atoms with E-state index >= 15 is 0 Å². The van der Waals surface area contributed by atoms with Crippen molar-refractivity contribution in [2.75, 3.05) is 13.1 Å². The second-order valence-corrected chi connectivity index (χ2v) is 7.80. The summed E-state index contributed by atoms with van der Waals surface area (Å²) in [6.45, 7) is 6.38. The molecule has 146 valence electrons. The van der Waals surface area contributed by atoms with E-state index < -0.39 is 11.7 Å². The molecule has 2 aromatic rings. The Labute approximate surface area is 164 Å². The number of benzene rings is 1. The Morgan fingerprint density at radius 1 is 1.36 bits per heavy atom. The molecule has 0 radical (unpaired) electrons. The van der Waals surface area contributed by atoms with E-state index in [0.29, 0.717) is 30.8 Å². The molecule has 0 bridgehead atoms. The van der Waals surface area contributed by atoms with Gasteiger partial charge in [0.1, 0.15) is 11.3 Å². The lowest BCUT2D eigenvalue weighted by Crippen LogP contribution is -2.40. The molecule has 1 aliphatic rings. The van der Waals surface area contributed by atoms with Crippen molar-refractivity contribution in [2.24, 2.45) is 0 Å². The van der Waals surface area contributed by atoms with Gasteiger partial charge in [-0.25, -0.2) is 4.79 Å². The quantitative estimate of drug-likeness (QED) is 0.851. The fourth-order valence-corrected chi connectivity index (χ4v) is 3.19. The highest BCUT2D eigenvalue weighted by atomic mass is 16.6. The van der Waals surface area contributed by atoms with Gasteiger partial charge in [-0.15, -0.1) is 0 Å². The molecule has 28 heavy (non-hydrogen) atoms. The Balaban J connectivity index is 1.73. The molecule has 2 heterocycles. The van der Waals surface area contributed by atoms with Gasteiger partial charge in [0.05, 0.1) is 17.7 Å². The van der Waals surface area contributed by atoms with E-state index in [1.807, 2.05) is 49.7 Å². The molecule has 7 nitrogen and oxygen atoms in total.